The molecule has 2 aromatic rings. The highest BCUT2D eigenvalue weighted by molar-refractivity contribution is 8.18. The van der Waals surface area contributed by atoms with Gasteiger partial charge in [-0.25, -0.2) is 0 Å². The molecule has 1 aliphatic heterocycles. The minimum absolute atomic E-state index is 0.293. The predicted molar refractivity (Wildman–Crippen MR) is 108 cm³/mol. The van der Waals surface area contributed by atoms with Gasteiger partial charge in [0, 0.05) is 12.1 Å². The van der Waals surface area contributed by atoms with Crippen LogP contribution in [0.25, 0.3) is 6.08 Å². The molecule has 0 spiro atoms. The van der Waals surface area contributed by atoms with E-state index in [4.69, 9.17) is 32.7 Å². The lowest BCUT2D eigenvalue weighted by Gasteiger charge is -2.13. The zero-order valence-electron chi connectivity index (χ0n) is 14.5. The number of nitrogens with zero attached hydrogens (tertiary/aromatic N) is 1. The standard InChI is InChI=1S/C19H15Cl2NO4S/c1-22-18(23)16(27-19(22)24)9-12-7-14(21)17(15(8-12)25-2)26-10-11-3-5-13(20)6-4-11/h3-9H,10H2,1-2H3/b16-9-. The van der Waals surface area contributed by atoms with Crippen LogP contribution in [-0.4, -0.2) is 30.2 Å². The number of carbonyl (C=O) groups is 2. The second kappa shape index (κ2) is 8.25. The average Bonchev–Trinajstić information content (AvgIpc) is 2.88. The number of likely N-dealkylation sites (N-methyl/N-ethyl adjacent to an activating group) is 1. The highest BCUT2D eigenvalue weighted by atomic mass is 35.5. The summed E-state index contributed by atoms with van der Waals surface area (Å²) < 4.78 is 11.2. The van der Waals surface area contributed by atoms with E-state index in [1.165, 1.54) is 14.2 Å². The van der Waals surface area contributed by atoms with Crippen molar-refractivity contribution in [1.82, 2.24) is 4.90 Å². The third-order valence-corrected chi connectivity index (χ3v) is 5.33. The summed E-state index contributed by atoms with van der Waals surface area (Å²) in [6.07, 6.45) is 1.60. The number of rotatable bonds is 5. The number of hydrogen-bond donors (Lipinski definition) is 0. The van der Waals surface area contributed by atoms with Gasteiger partial charge >= 0.3 is 0 Å². The Bertz CT molecular complexity index is 928. The van der Waals surface area contributed by atoms with Crippen LogP contribution in [0.1, 0.15) is 11.1 Å². The van der Waals surface area contributed by atoms with Crippen LogP contribution in [-0.2, 0) is 11.4 Å². The van der Waals surface area contributed by atoms with Crippen LogP contribution in [0.4, 0.5) is 4.79 Å². The van der Waals surface area contributed by atoms with Crippen molar-refractivity contribution in [3.8, 4) is 11.5 Å². The van der Waals surface area contributed by atoms with Crippen LogP contribution in [0.15, 0.2) is 41.3 Å². The Morgan fingerprint density at radius 1 is 1.15 bits per heavy atom. The monoisotopic (exact) mass is 423 g/mol. The molecule has 1 heterocycles. The van der Waals surface area contributed by atoms with E-state index >= 15 is 0 Å². The molecule has 140 valence electrons. The summed E-state index contributed by atoms with van der Waals surface area (Å²) in [5, 5.41) is 0.674. The van der Waals surface area contributed by atoms with E-state index < -0.39 is 0 Å². The Kier molecular flexibility index (Phi) is 5.99. The van der Waals surface area contributed by atoms with Gasteiger partial charge in [0.25, 0.3) is 11.1 Å². The quantitative estimate of drug-likeness (QED) is 0.614. The van der Waals surface area contributed by atoms with Crippen molar-refractivity contribution >= 4 is 52.2 Å². The van der Waals surface area contributed by atoms with Crippen molar-refractivity contribution in [2.24, 2.45) is 0 Å². The molecular formula is C19H15Cl2NO4S. The Hall–Kier alpha value is -2.15. The van der Waals surface area contributed by atoms with Crippen molar-refractivity contribution in [2.75, 3.05) is 14.2 Å². The van der Waals surface area contributed by atoms with Gasteiger partial charge in [-0.1, -0.05) is 35.3 Å². The van der Waals surface area contributed by atoms with Gasteiger partial charge in [0.2, 0.25) is 0 Å². The molecule has 2 aromatic carbocycles. The summed E-state index contributed by atoms with van der Waals surface area (Å²) in [7, 11) is 2.95. The Labute approximate surface area is 170 Å². The molecule has 0 saturated carbocycles. The zero-order valence-corrected chi connectivity index (χ0v) is 16.8. The molecule has 1 fully saturated rings. The largest absolute Gasteiger partial charge is 0.493 e. The molecule has 8 heteroatoms. The normalized spacial score (nSPS) is 15.6. The van der Waals surface area contributed by atoms with E-state index in [0.717, 1.165) is 22.2 Å². The Balaban J connectivity index is 1.84. The fourth-order valence-electron chi connectivity index (χ4n) is 2.40. The number of carbonyl (C=O) groups excluding carboxylic acids is 2. The minimum Gasteiger partial charge on any atom is -0.493 e. The zero-order chi connectivity index (χ0) is 19.6. The van der Waals surface area contributed by atoms with Crippen LogP contribution in [0.3, 0.4) is 0 Å². The van der Waals surface area contributed by atoms with E-state index in [1.54, 1.807) is 30.3 Å². The number of thioether (sulfide) groups is 1. The first-order valence-electron chi connectivity index (χ1n) is 7.85. The number of amides is 2. The lowest BCUT2D eigenvalue weighted by atomic mass is 10.1. The minimum atomic E-state index is -0.344. The molecule has 0 unspecified atom stereocenters. The first-order chi connectivity index (χ1) is 12.9. The third kappa shape index (κ3) is 4.40. The molecule has 0 radical (unpaired) electrons. The predicted octanol–water partition coefficient (Wildman–Crippen LogP) is 5.25. The van der Waals surface area contributed by atoms with Gasteiger partial charge in [-0.3, -0.25) is 14.5 Å². The van der Waals surface area contributed by atoms with E-state index in [2.05, 4.69) is 0 Å². The van der Waals surface area contributed by atoms with Gasteiger partial charge < -0.3 is 9.47 Å². The van der Waals surface area contributed by atoms with Crippen molar-refractivity contribution < 1.29 is 19.1 Å². The molecule has 1 saturated heterocycles. The maximum Gasteiger partial charge on any atom is 0.293 e. The van der Waals surface area contributed by atoms with Gasteiger partial charge in [-0.2, -0.15) is 0 Å². The van der Waals surface area contributed by atoms with Gasteiger partial charge in [-0.15, -0.1) is 0 Å². The second-order valence-corrected chi connectivity index (χ2v) is 7.53. The second-order valence-electron chi connectivity index (χ2n) is 5.69. The summed E-state index contributed by atoms with van der Waals surface area (Å²) in [6, 6.07) is 10.6. The van der Waals surface area contributed by atoms with E-state index in [9.17, 15) is 9.59 Å². The molecule has 0 atom stereocenters. The number of methoxy groups -OCH3 is 1. The van der Waals surface area contributed by atoms with Crippen LogP contribution in [0, 0.1) is 0 Å². The highest BCUT2D eigenvalue weighted by Crippen LogP contribution is 2.39. The number of imide groups is 1. The van der Waals surface area contributed by atoms with Crippen LogP contribution < -0.4 is 9.47 Å². The number of ether oxygens (including phenoxy) is 2. The fraction of sp³-hybridized carbons (Fsp3) is 0.158. The molecule has 0 aromatic heterocycles. The topological polar surface area (TPSA) is 55.8 Å². The number of benzene rings is 2. The lowest BCUT2D eigenvalue weighted by molar-refractivity contribution is -0.121. The third-order valence-electron chi connectivity index (χ3n) is 3.83. The summed E-state index contributed by atoms with van der Waals surface area (Å²) in [5.41, 5.74) is 1.56. The molecule has 1 aliphatic rings. The van der Waals surface area contributed by atoms with Crippen molar-refractivity contribution in [2.45, 2.75) is 6.61 Å². The Morgan fingerprint density at radius 2 is 1.85 bits per heavy atom. The molecule has 27 heavy (non-hydrogen) atoms. The maximum atomic E-state index is 12.0. The first kappa shape index (κ1) is 19.6. The van der Waals surface area contributed by atoms with Crippen LogP contribution in [0.2, 0.25) is 10.0 Å². The summed E-state index contributed by atoms with van der Waals surface area (Å²) in [6.45, 7) is 0.293. The average molecular weight is 424 g/mol. The first-order valence-corrected chi connectivity index (χ1v) is 9.42. The van der Waals surface area contributed by atoms with Gasteiger partial charge in [0.05, 0.1) is 17.0 Å². The molecule has 0 aliphatic carbocycles. The number of halogens is 2. The van der Waals surface area contributed by atoms with Gasteiger partial charge in [0.15, 0.2) is 11.5 Å². The fourth-order valence-corrected chi connectivity index (χ4v) is 3.62. The maximum absolute atomic E-state index is 12.0. The summed E-state index contributed by atoms with van der Waals surface area (Å²) in [5.74, 6) is 0.483. The summed E-state index contributed by atoms with van der Waals surface area (Å²) >= 11 is 13.1. The van der Waals surface area contributed by atoms with Crippen LogP contribution >= 0.6 is 35.0 Å². The molecule has 3 rings (SSSR count). The van der Waals surface area contributed by atoms with Gasteiger partial charge in [0.1, 0.15) is 6.61 Å². The lowest BCUT2D eigenvalue weighted by Crippen LogP contribution is -2.22. The van der Waals surface area contributed by atoms with Crippen molar-refractivity contribution in [1.29, 1.82) is 0 Å². The molecule has 5 nitrogen and oxygen atoms in total. The van der Waals surface area contributed by atoms with E-state index in [1.807, 2.05) is 12.1 Å². The van der Waals surface area contributed by atoms with E-state index in [0.29, 0.717) is 38.6 Å². The Morgan fingerprint density at radius 3 is 2.44 bits per heavy atom. The summed E-state index contributed by atoms with van der Waals surface area (Å²) in [4.78, 5) is 25.0. The smallest absolute Gasteiger partial charge is 0.293 e. The molecule has 0 bridgehead atoms. The van der Waals surface area contributed by atoms with Gasteiger partial charge in [-0.05, 0) is 53.2 Å². The van der Waals surface area contributed by atoms with E-state index in [-0.39, 0.29) is 11.1 Å². The molecule has 0 N–H and O–H groups in total. The highest BCUT2D eigenvalue weighted by Gasteiger charge is 2.31. The SMILES string of the molecule is COc1cc(/C=C2\SC(=O)N(C)C2=O)cc(Cl)c1OCc1ccc(Cl)cc1. The molecule has 2 amide bonds. The van der Waals surface area contributed by atoms with Crippen LogP contribution in [0.5, 0.6) is 11.5 Å². The van der Waals surface area contributed by atoms with Crippen molar-refractivity contribution in [3.63, 3.8) is 0 Å². The van der Waals surface area contributed by atoms with Crippen molar-refractivity contribution in [3.05, 3.63) is 62.5 Å². The number of hydrogen-bond acceptors (Lipinski definition) is 5. The molecular weight excluding hydrogens is 409 g/mol.